The number of anilines is 1. The van der Waals surface area contributed by atoms with Crippen LogP contribution in [0.15, 0.2) is 41.9 Å². The summed E-state index contributed by atoms with van der Waals surface area (Å²) in [7, 11) is -1.68. The first-order valence-electron chi connectivity index (χ1n) is 8.42. The lowest BCUT2D eigenvalue weighted by Gasteiger charge is -2.47. The summed E-state index contributed by atoms with van der Waals surface area (Å²) in [6, 6.07) is 6.25. The van der Waals surface area contributed by atoms with Gasteiger partial charge in [0.25, 0.3) is 10.0 Å². The number of hydrogen-bond donors (Lipinski definition) is 0. The van der Waals surface area contributed by atoms with Crippen molar-refractivity contribution in [3.63, 3.8) is 0 Å². The molecular weight excluding hydrogens is 340 g/mol. The average Bonchev–Trinajstić information content (AvgIpc) is 3.02. The molecule has 2 saturated heterocycles. The molecule has 2 aromatic rings. The van der Waals surface area contributed by atoms with Gasteiger partial charge in [-0.15, -0.1) is 0 Å². The summed E-state index contributed by atoms with van der Waals surface area (Å²) in [6.45, 7) is 4.78. The van der Waals surface area contributed by atoms with E-state index in [2.05, 4.69) is 19.8 Å². The van der Waals surface area contributed by atoms with E-state index in [9.17, 15) is 8.42 Å². The highest BCUT2D eigenvalue weighted by atomic mass is 32.2. The Bertz CT molecular complexity index is 823. The maximum atomic E-state index is 12.5. The van der Waals surface area contributed by atoms with E-state index in [0.29, 0.717) is 19.1 Å². The van der Waals surface area contributed by atoms with Crippen LogP contribution in [0.25, 0.3) is 0 Å². The Hall–Kier alpha value is -1.97. The van der Waals surface area contributed by atoms with Crippen molar-refractivity contribution in [1.29, 1.82) is 0 Å². The van der Waals surface area contributed by atoms with Crippen LogP contribution in [-0.2, 0) is 17.1 Å². The molecule has 4 rings (SSSR count). The zero-order valence-corrected chi connectivity index (χ0v) is 15.0. The standard InChI is InChI=1S/C16H22N6O2S/c1-19-12-16(18-13-19)25(23,24)22-10-14(11-22)20-6-8-21(9-7-20)15-4-2-3-5-17-15/h2-5,12-14H,6-11H2,1H3. The summed E-state index contributed by atoms with van der Waals surface area (Å²) >= 11 is 0. The van der Waals surface area contributed by atoms with Crippen LogP contribution in [0.2, 0.25) is 0 Å². The minimum Gasteiger partial charge on any atom is -0.354 e. The van der Waals surface area contributed by atoms with Gasteiger partial charge in [0, 0.05) is 64.8 Å². The van der Waals surface area contributed by atoms with Crippen molar-refractivity contribution >= 4 is 15.8 Å². The number of imidazole rings is 1. The average molecular weight is 362 g/mol. The first-order valence-corrected chi connectivity index (χ1v) is 9.86. The fourth-order valence-electron chi connectivity index (χ4n) is 3.36. The van der Waals surface area contributed by atoms with E-state index in [4.69, 9.17) is 0 Å². The molecule has 2 fully saturated rings. The molecule has 9 heteroatoms. The third kappa shape index (κ3) is 3.14. The number of piperazine rings is 1. The van der Waals surface area contributed by atoms with E-state index in [1.807, 2.05) is 24.4 Å². The summed E-state index contributed by atoms with van der Waals surface area (Å²) in [4.78, 5) is 13.0. The Morgan fingerprint density at radius 2 is 1.84 bits per heavy atom. The largest absolute Gasteiger partial charge is 0.354 e. The van der Waals surface area contributed by atoms with Gasteiger partial charge in [0.1, 0.15) is 5.82 Å². The summed E-state index contributed by atoms with van der Waals surface area (Å²) < 4.78 is 28.2. The first kappa shape index (κ1) is 16.5. The van der Waals surface area contributed by atoms with Gasteiger partial charge >= 0.3 is 0 Å². The molecule has 0 radical (unpaired) electrons. The van der Waals surface area contributed by atoms with Crippen LogP contribution in [0.1, 0.15) is 0 Å². The molecule has 2 aromatic heterocycles. The second-order valence-electron chi connectivity index (χ2n) is 6.56. The molecule has 134 valence electrons. The molecule has 25 heavy (non-hydrogen) atoms. The molecule has 4 heterocycles. The lowest BCUT2D eigenvalue weighted by molar-refractivity contribution is 0.0825. The van der Waals surface area contributed by atoms with Crippen molar-refractivity contribution < 1.29 is 8.42 Å². The van der Waals surface area contributed by atoms with Crippen molar-refractivity contribution in [1.82, 2.24) is 23.7 Å². The highest BCUT2D eigenvalue weighted by Crippen LogP contribution is 2.24. The van der Waals surface area contributed by atoms with Gasteiger partial charge in [0.05, 0.1) is 6.33 Å². The van der Waals surface area contributed by atoms with Crippen molar-refractivity contribution in [2.24, 2.45) is 7.05 Å². The van der Waals surface area contributed by atoms with E-state index in [-0.39, 0.29) is 5.03 Å². The second kappa shape index (κ2) is 6.40. The smallest absolute Gasteiger partial charge is 0.262 e. The topological polar surface area (TPSA) is 74.6 Å². The number of hydrogen-bond acceptors (Lipinski definition) is 6. The van der Waals surface area contributed by atoms with Crippen LogP contribution < -0.4 is 4.90 Å². The highest BCUT2D eigenvalue weighted by Gasteiger charge is 2.41. The molecule has 0 amide bonds. The molecular formula is C16H22N6O2S. The monoisotopic (exact) mass is 362 g/mol. The van der Waals surface area contributed by atoms with Gasteiger partial charge in [-0.05, 0) is 12.1 Å². The van der Waals surface area contributed by atoms with Crippen LogP contribution in [-0.4, -0.2) is 77.5 Å². The number of sulfonamides is 1. The zero-order chi connectivity index (χ0) is 17.4. The van der Waals surface area contributed by atoms with Crippen LogP contribution in [0.4, 0.5) is 5.82 Å². The quantitative estimate of drug-likeness (QED) is 0.763. The van der Waals surface area contributed by atoms with Crippen LogP contribution in [0.5, 0.6) is 0 Å². The number of pyridine rings is 1. The number of aryl methyl sites for hydroxylation is 1. The maximum Gasteiger partial charge on any atom is 0.262 e. The second-order valence-corrected chi connectivity index (χ2v) is 8.45. The molecule has 0 spiro atoms. The summed E-state index contributed by atoms with van der Waals surface area (Å²) in [5, 5.41) is 0.133. The third-order valence-corrected chi connectivity index (χ3v) is 6.64. The van der Waals surface area contributed by atoms with Gasteiger partial charge in [-0.1, -0.05) is 6.07 Å². The molecule has 2 aliphatic rings. The molecule has 0 aliphatic carbocycles. The van der Waals surface area contributed by atoms with Gasteiger partial charge in [0.15, 0.2) is 5.03 Å². The van der Waals surface area contributed by atoms with Gasteiger partial charge in [-0.3, -0.25) is 4.90 Å². The Balaban J connectivity index is 1.32. The molecule has 0 unspecified atom stereocenters. The van der Waals surface area contributed by atoms with E-state index in [1.54, 1.807) is 17.8 Å². The van der Waals surface area contributed by atoms with Gasteiger partial charge in [-0.2, -0.15) is 4.31 Å². The maximum absolute atomic E-state index is 12.5. The summed E-state index contributed by atoms with van der Waals surface area (Å²) in [5.74, 6) is 1.01. The van der Waals surface area contributed by atoms with E-state index >= 15 is 0 Å². The van der Waals surface area contributed by atoms with Crippen molar-refractivity contribution in [2.75, 3.05) is 44.2 Å². The molecule has 0 N–H and O–H groups in total. The van der Waals surface area contributed by atoms with Crippen molar-refractivity contribution in [3.05, 3.63) is 36.9 Å². The molecule has 0 atom stereocenters. The van der Waals surface area contributed by atoms with E-state index < -0.39 is 10.0 Å². The number of rotatable bonds is 4. The SMILES string of the molecule is Cn1cnc(S(=O)(=O)N2CC(N3CCN(c4ccccn4)CC3)C2)c1. The predicted molar refractivity (Wildman–Crippen MR) is 93.8 cm³/mol. The first-order chi connectivity index (χ1) is 12.0. The lowest BCUT2D eigenvalue weighted by atomic mass is 10.1. The van der Waals surface area contributed by atoms with Gasteiger partial charge < -0.3 is 9.47 Å². The Morgan fingerprint density at radius 3 is 2.44 bits per heavy atom. The number of aromatic nitrogens is 3. The van der Waals surface area contributed by atoms with Crippen LogP contribution in [0, 0.1) is 0 Å². The molecule has 0 saturated carbocycles. The number of nitrogens with zero attached hydrogens (tertiary/aromatic N) is 6. The summed E-state index contributed by atoms with van der Waals surface area (Å²) in [5.41, 5.74) is 0. The predicted octanol–water partition coefficient (Wildman–Crippen LogP) is 0.0102. The fraction of sp³-hybridized carbons (Fsp3) is 0.500. The minimum atomic E-state index is -3.45. The molecule has 2 aliphatic heterocycles. The Morgan fingerprint density at radius 1 is 1.08 bits per heavy atom. The molecule has 0 aromatic carbocycles. The van der Waals surface area contributed by atoms with E-state index in [1.165, 1.54) is 10.6 Å². The highest BCUT2D eigenvalue weighted by molar-refractivity contribution is 7.89. The lowest BCUT2D eigenvalue weighted by Crippen LogP contribution is -2.64. The van der Waals surface area contributed by atoms with Crippen LogP contribution >= 0.6 is 0 Å². The van der Waals surface area contributed by atoms with Crippen LogP contribution in [0.3, 0.4) is 0 Å². The zero-order valence-electron chi connectivity index (χ0n) is 14.2. The van der Waals surface area contributed by atoms with E-state index in [0.717, 1.165) is 32.0 Å². The fourth-order valence-corrected chi connectivity index (χ4v) is 4.84. The third-order valence-electron chi connectivity index (χ3n) is 4.92. The van der Waals surface area contributed by atoms with Gasteiger partial charge in [0.2, 0.25) is 0 Å². The normalized spacial score (nSPS) is 20.6. The minimum absolute atomic E-state index is 0.133. The Kier molecular flexibility index (Phi) is 4.22. The molecule has 8 nitrogen and oxygen atoms in total. The Labute approximate surface area is 147 Å². The molecule has 0 bridgehead atoms. The van der Waals surface area contributed by atoms with Crippen molar-refractivity contribution in [2.45, 2.75) is 11.1 Å². The van der Waals surface area contributed by atoms with Gasteiger partial charge in [-0.25, -0.2) is 18.4 Å². The summed E-state index contributed by atoms with van der Waals surface area (Å²) in [6.07, 6.45) is 4.88. The van der Waals surface area contributed by atoms with Crippen molar-refractivity contribution in [3.8, 4) is 0 Å².